The van der Waals surface area contributed by atoms with Gasteiger partial charge in [0.05, 0.1) is 11.7 Å². The summed E-state index contributed by atoms with van der Waals surface area (Å²) in [6, 6.07) is 15.9. The summed E-state index contributed by atoms with van der Waals surface area (Å²) < 4.78 is 0. The Bertz CT molecular complexity index is 1080. The van der Waals surface area contributed by atoms with Gasteiger partial charge in [-0.1, -0.05) is 55.1 Å². The highest BCUT2D eigenvalue weighted by molar-refractivity contribution is 6.30. The number of anilines is 1. The molecular formula is C29H37ClN4. The number of fused-ring (bicyclic) bond motifs is 1. The van der Waals surface area contributed by atoms with Gasteiger partial charge in [0.1, 0.15) is 0 Å². The van der Waals surface area contributed by atoms with Crippen LogP contribution in [-0.2, 0) is 0 Å². The van der Waals surface area contributed by atoms with Gasteiger partial charge in [0.25, 0.3) is 0 Å². The molecule has 4 nitrogen and oxygen atoms in total. The van der Waals surface area contributed by atoms with Gasteiger partial charge in [-0.25, -0.2) is 0 Å². The minimum atomic E-state index is 0.181. The van der Waals surface area contributed by atoms with E-state index in [-0.39, 0.29) is 6.04 Å². The van der Waals surface area contributed by atoms with Gasteiger partial charge in [-0.05, 0) is 73.6 Å². The van der Waals surface area contributed by atoms with Gasteiger partial charge >= 0.3 is 0 Å². The fourth-order valence-corrected chi connectivity index (χ4v) is 6.07. The Morgan fingerprint density at radius 2 is 1.94 bits per heavy atom. The highest BCUT2D eigenvalue weighted by Gasteiger charge is 2.26. The highest BCUT2D eigenvalue weighted by Crippen LogP contribution is 2.36. The highest BCUT2D eigenvalue weighted by atomic mass is 35.5. The van der Waals surface area contributed by atoms with Gasteiger partial charge in [0.2, 0.25) is 0 Å². The van der Waals surface area contributed by atoms with Crippen molar-refractivity contribution in [1.82, 2.24) is 10.2 Å². The third kappa shape index (κ3) is 5.13. The lowest BCUT2D eigenvalue weighted by molar-refractivity contribution is 0.171. The first-order chi connectivity index (χ1) is 16.6. The first kappa shape index (κ1) is 23.3. The predicted octanol–water partition coefficient (Wildman–Crippen LogP) is 6.56. The average molecular weight is 477 g/mol. The van der Waals surface area contributed by atoms with Crippen LogP contribution in [0.5, 0.6) is 0 Å². The number of nitrogens with one attached hydrogen (secondary N) is 2. The second-order valence-corrected chi connectivity index (χ2v) is 10.5. The van der Waals surface area contributed by atoms with Crippen LogP contribution in [0, 0.1) is 0 Å². The van der Waals surface area contributed by atoms with Gasteiger partial charge in [-0.15, -0.1) is 0 Å². The average Bonchev–Trinajstić information content (AvgIpc) is 3.04. The van der Waals surface area contributed by atoms with E-state index < -0.39 is 0 Å². The second kappa shape index (κ2) is 10.5. The van der Waals surface area contributed by atoms with E-state index in [0.29, 0.717) is 0 Å². The zero-order valence-electron chi connectivity index (χ0n) is 20.2. The number of hydrogen-bond donors (Lipinski definition) is 3. The molecule has 1 atom stereocenters. The van der Waals surface area contributed by atoms with Gasteiger partial charge in [-0.3, -0.25) is 4.90 Å². The van der Waals surface area contributed by atoms with E-state index >= 15 is 0 Å². The molecule has 180 valence electrons. The van der Waals surface area contributed by atoms with E-state index in [1.165, 1.54) is 60.9 Å². The van der Waals surface area contributed by atoms with Crippen LogP contribution in [-0.4, -0.2) is 30.6 Å². The van der Waals surface area contributed by atoms with Crippen molar-refractivity contribution >= 4 is 28.6 Å². The van der Waals surface area contributed by atoms with Crippen LogP contribution >= 0.6 is 11.6 Å². The zero-order valence-corrected chi connectivity index (χ0v) is 21.0. The molecule has 4 N–H and O–H groups in total. The van der Waals surface area contributed by atoms with Crippen LogP contribution in [0.2, 0.25) is 5.02 Å². The van der Waals surface area contributed by atoms with E-state index in [0.717, 1.165) is 54.1 Å². The molecule has 34 heavy (non-hydrogen) atoms. The Balaban J connectivity index is 1.44. The van der Waals surface area contributed by atoms with Gasteiger partial charge < -0.3 is 16.4 Å². The van der Waals surface area contributed by atoms with Crippen LogP contribution in [0.3, 0.4) is 0 Å². The largest absolute Gasteiger partial charge is 0.401 e. The number of allylic oxidation sites excluding steroid dienone is 1. The molecule has 1 unspecified atom stereocenters. The van der Waals surface area contributed by atoms with Crippen molar-refractivity contribution in [2.24, 2.45) is 5.73 Å². The van der Waals surface area contributed by atoms with Crippen molar-refractivity contribution in [1.29, 1.82) is 0 Å². The maximum atomic E-state index is 6.30. The molecule has 5 heteroatoms. The summed E-state index contributed by atoms with van der Waals surface area (Å²) in [5.41, 5.74) is 14.5. The van der Waals surface area contributed by atoms with Gasteiger partial charge in [-0.2, -0.15) is 0 Å². The summed E-state index contributed by atoms with van der Waals surface area (Å²) >= 11 is 6.27. The molecule has 2 heterocycles. The second-order valence-electron chi connectivity index (χ2n) is 10.0. The maximum Gasteiger partial charge on any atom is 0.0605 e. The molecule has 1 fully saturated rings. The molecule has 1 aliphatic carbocycles. The van der Waals surface area contributed by atoms with E-state index in [4.69, 9.17) is 17.3 Å². The first-order valence-electron chi connectivity index (χ1n) is 12.9. The van der Waals surface area contributed by atoms with Crippen LogP contribution in [0.15, 0.2) is 54.2 Å². The van der Waals surface area contributed by atoms with Crippen molar-refractivity contribution < 1.29 is 0 Å². The van der Waals surface area contributed by atoms with E-state index in [2.05, 4.69) is 45.9 Å². The van der Waals surface area contributed by atoms with Crippen LogP contribution in [0.1, 0.15) is 74.6 Å². The van der Waals surface area contributed by atoms with Crippen LogP contribution in [0.4, 0.5) is 5.69 Å². The lowest BCUT2D eigenvalue weighted by Crippen LogP contribution is -2.39. The smallest absolute Gasteiger partial charge is 0.0605 e. The zero-order chi connectivity index (χ0) is 23.5. The predicted molar refractivity (Wildman–Crippen MR) is 145 cm³/mol. The molecule has 2 aromatic carbocycles. The number of halogens is 1. The van der Waals surface area contributed by atoms with E-state index in [9.17, 15) is 0 Å². The van der Waals surface area contributed by atoms with Crippen molar-refractivity contribution in [3.8, 4) is 0 Å². The minimum Gasteiger partial charge on any atom is -0.401 e. The quantitative estimate of drug-likeness (QED) is 0.468. The van der Waals surface area contributed by atoms with E-state index in [1.807, 2.05) is 25.1 Å². The Morgan fingerprint density at radius 3 is 2.68 bits per heavy atom. The fraction of sp³-hybridized carbons (Fsp3) is 0.448. The number of rotatable bonds is 4. The monoisotopic (exact) mass is 476 g/mol. The molecule has 5 rings (SSSR count). The summed E-state index contributed by atoms with van der Waals surface area (Å²) in [5.74, 6) is 0. The van der Waals surface area contributed by atoms with Crippen molar-refractivity contribution in [3.05, 3.63) is 76.0 Å². The summed E-state index contributed by atoms with van der Waals surface area (Å²) in [4.78, 5) is 2.71. The number of nitrogens with zero attached hydrogens (tertiary/aromatic N) is 1. The maximum absolute atomic E-state index is 6.30. The summed E-state index contributed by atoms with van der Waals surface area (Å²) in [6.45, 7) is 5.10. The lowest BCUT2D eigenvalue weighted by atomic mass is 9.89. The number of benzene rings is 2. The van der Waals surface area contributed by atoms with Crippen LogP contribution < -0.4 is 16.4 Å². The van der Waals surface area contributed by atoms with Gasteiger partial charge in [0, 0.05) is 47.6 Å². The molecule has 2 aliphatic heterocycles. The summed E-state index contributed by atoms with van der Waals surface area (Å²) in [7, 11) is 0. The fourth-order valence-electron chi connectivity index (χ4n) is 5.88. The Labute approximate surface area is 209 Å². The molecular weight excluding hydrogens is 440 g/mol. The molecule has 0 spiro atoms. The molecule has 0 aromatic heterocycles. The third-order valence-corrected chi connectivity index (χ3v) is 7.93. The molecule has 0 bridgehead atoms. The Morgan fingerprint density at radius 1 is 1.09 bits per heavy atom. The van der Waals surface area contributed by atoms with Crippen molar-refractivity contribution in [3.63, 3.8) is 0 Å². The lowest BCUT2D eigenvalue weighted by Gasteiger charge is -2.36. The minimum absolute atomic E-state index is 0.181. The molecule has 2 aromatic rings. The molecule has 3 aliphatic rings. The van der Waals surface area contributed by atoms with Crippen LogP contribution in [0.25, 0.3) is 11.3 Å². The van der Waals surface area contributed by atoms with E-state index in [1.54, 1.807) is 0 Å². The topological polar surface area (TPSA) is 53.3 Å². The molecule has 0 radical (unpaired) electrons. The first-order valence-corrected chi connectivity index (χ1v) is 13.3. The Hall–Kier alpha value is -2.43. The molecule has 1 saturated carbocycles. The van der Waals surface area contributed by atoms with Crippen molar-refractivity contribution in [2.75, 3.05) is 25.0 Å². The van der Waals surface area contributed by atoms with Crippen molar-refractivity contribution in [2.45, 2.75) is 64.0 Å². The Kier molecular flexibility index (Phi) is 7.17. The standard InChI is InChI=1S/C29H37ClN4/c1-20(31)29-26-11-10-22(21-13-16-34(17-14-21)25-8-3-2-4-9-25)18-27(26)28(12-15-32-29)33-24-7-5-6-23(30)19-24/h5-7,10-11,13,18-19,25,28,32-33H,2-4,8-9,12,14-17,31H2,1H3/b29-20-. The normalized spacial score (nSPS) is 23.4. The summed E-state index contributed by atoms with van der Waals surface area (Å²) in [5, 5.41) is 8.06. The number of hydrogen-bond acceptors (Lipinski definition) is 4. The SMILES string of the molecule is C/C(N)=C1/NCCC(Nc2cccc(Cl)c2)c2cc(C3=CCN(C4CCCCC4)CC3)ccc21. The number of nitrogens with two attached hydrogens (primary N) is 1. The molecule has 0 amide bonds. The summed E-state index contributed by atoms with van der Waals surface area (Å²) in [6.07, 6.45) is 11.5. The van der Waals surface area contributed by atoms with Gasteiger partial charge in [0.15, 0.2) is 0 Å². The third-order valence-electron chi connectivity index (χ3n) is 7.69. The molecule has 0 saturated heterocycles.